The third-order valence-electron chi connectivity index (χ3n) is 3.59. The van der Waals surface area contributed by atoms with Gasteiger partial charge < -0.3 is 4.74 Å². The first-order valence-corrected chi connectivity index (χ1v) is 8.86. The van der Waals surface area contributed by atoms with Crippen LogP contribution < -0.4 is 0 Å². The van der Waals surface area contributed by atoms with E-state index in [9.17, 15) is 17.6 Å². The van der Waals surface area contributed by atoms with Gasteiger partial charge in [-0.15, -0.1) is 0 Å². The van der Waals surface area contributed by atoms with Crippen molar-refractivity contribution in [3.05, 3.63) is 35.6 Å². The van der Waals surface area contributed by atoms with E-state index in [1.54, 1.807) is 13.0 Å². The van der Waals surface area contributed by atoms with E-state index in [0.717, 1.165) is 0 Å². The molecule has 0 N–H and O–H groups in total. The molecule has 0 atom stereocenters. The van der Waals surface area contributed by atoms with Crippen molar-refractivity contribution in [1.29, 1.82) is 0 Å². The first-order chi connectivity index (χ1) is 11.0. The van der Waals surface area contributed by atoms with Gasteiger partial charge in [0.05, 0.1) is 12.4 Å². The normalized spacial score (nSPS) is 15.9. The summed E-state index contributed by atoms with van der Waals surface area (Å²) in [5.74, 6) is -1.45. The molecule has 1 aromatic heterocycles. The molecule has 6 nitrogen and oxygen atoms in total. The van der Waals surface area contributed by atoms with Crippen LogP contribution in [0.5, 0.6) is 0 Å². The summed E-state index contributed by atoms with van der Waals surface area (Å²) < 4.78 is 45.1. The van der Waals surface area contributed by atoms with Crippen molar-refractivity contribution in [2.45, 2.75) is 24.9 Å². The number of esters is 1. The van der Waals surface area contributed by atoms with E-state index in [-0.39, 0.29) is 34.2 Å². The van der Waals surface area contributed by atoms with Crippen molar-refractivity contribution >= 4 is 15.8 Å². The molecular weight excluding hydrogens is 323 g/mol. The van der Waals surface area contributed by atoms with Crippen molar-refractivity contribution in [2.24, 2.45) is 0 Å². The van der Waals surface area contributed by atoms with Crippen LogP contribution in [0.15, 0.2) is 29.3 Å². The zero-order chi connectivity index (χ0) is 16.6. The minimum atomic E-state index is -3.66. The van der Waals surface area contributed by atoms with E-state index in [4.69, 9.17) is 4.74 Å². The predicted molar refractivity (Wildman–Crippen MR) is 80.2 cm³/mol. The number of aryl methyl sites for hydroxylation is 1. The maximum atomic E-state index is 14.1. The van der Waals surface area contributed by atoms with Crippen LogP contribution in [-0.4, -0.2) is 36.5 Å². The molecule has 0 fully saturated rings. The zero-order valence-electron chi connectivity index (χ0n) is 12.5. The quantitative estimate of drug-likeness (QED) is 0.800. The number of nitrogens with zero attached hydrogens (tertiary/aromatic N) is 2. The molecule has 0 saturated carbocycles. The minimum absolute atomic E-state index is 0.00188. The van der Waals surface area contributed by atoms with Gasteiger partial charge in [-0.2, -0.15) is 5.10 Å². The Kier molecular flexibility index (Phi) is 3.93. The molecule has 1 aliphatic heterocycles. The SMILES string of the molecule is CCOC(=O)c1c(-c2ccccc2F)nn2c1S(=O)(=O)CCC2. The number of aromatic nitrogens is 2. The van der Waals surface area contributed by atoms with Gasteiger partial charge in [-0.1, -0.05) is 12.1 Å². The molecule has 0 amide bonds. The Morgan fingerprint density at radius 3 is 2.83 bits per heavy atom. The third kappa shape index (κ3) is 2.63. The van der Waals surface area contributed by atoms with E-state index >= 15 is 0 Å². The van der Waals surface area contributed by atoms with Crippen molar-refractivity contribution < 1.29 is 22.3 Å². The fourth-order valence-corrected chi connectivity index (χ4v) is 4.29. The molecule has 2 aromatic rings. The summed E-state index contributed by atoms with van der Waals surface area (Å²) in [4.78, 5) is 12.3. The summed E-state index contributed by atoms with van der Waals surface area (Å²) >= 11 is 0. The fraction of sp³-hybridized carbons (Fsp3) is 0.333. The van der Waals surface area contributed by atoms with Crippen molar-refractivity contribution in [2.75, 3.05) is 12.4 Å². The van der Waals surface area contributed by atoms with Crippen LogP contribution in [0.1, 0.15) is 23.7 Å². The molecule has 0 saturated heterocycles. The van der Waals surface area contributed by atoms with E-state index in [1.807, 2.05) is 0 Å². The standard InChI is InChI=1S/C15H15FN2O4S/c1-2-22-15(19)12-13(10-6-3-4-7-11(10)16)17-18-8-5-9-23(20,21)14(12)18/h3-4,6-7H,2,5,8-9H2,1H3. The number of hydrogen-bond donors (Lipinski definition) is 0. The smallest absolute Gasteiger partial charge is 0.343 e. The van der Waals surface area contributed by atoms with Crippen LogP contribution in [0.2, 0.25) is 0 Å². The molecule has 122 valence electrons. The fourth-order valence-electron chi connectivity index (χ4n) is 2.64. The van der Waals surface area contributed by atoms with Gasteiger partial charge in [-0.05, 0) is 25.5 Å². The highest BCUT2D eigenvalue weighted by molar-refractivity contribution is 7.91. The molecule has 1 aliphatic rings. The number of ether oxygens (including phenoxy) is 1. The zero-order valence-corrected chi connectivity index (χ0v) is 13.3. The average molecular weight is 338 g/mol. The van der Waals surface area contributed by atoms with Gasteiger partial charge in [0.2, 0.25) is 0 Å². The van der Waals surface area contributed by atoms with Gasteiger partial charge in [0.1, 0.15) is 17.1 Å². The summed E-state index contributed by atoms with van der Waals surface area (Å²) in [6.07, 6.45) is 0.399. The lowest BCUT2D eigenvalue weighted by atomic mass is 10.1. The maximum Gasteiger partial charge on any atom is 0.343 e. The number of sulfone groups is 1. The van der Waals surface area contributed by atoms with Gasteiger partial charge >= 0.3 is 5.97 Å². The van der Waals surface area contributed by atoms with Gasteiger partial charge in [0.25, 0.3) is 0 Å². The Morgan fingerprint density at radius 2 is 2.13 bits per heavy atom. The third-order valence-corrected chi connectivity index (χ3v) is 5.42. The lowest BCUT2D eigenvalue weighted by molar-refractivity contribution is 0.0522. The van der Waals surface area contributed by atoms with Gasteiger partial charge in [-0.25, -0.2) is 17.6 Å². The van der Waals surface area contributed by atoms with Gasteiger partial charge in [0.15, 0.2) is 14.9 Å². The summed E-state index contributed by atoms with van der Waals surface area (Å²) in [6.45, 7) is 2.06. The number of fused-ring (bicyclic) bond motifs is 1. The number of carbonyl (C=O) groups is 1. The van der Waals surface area contributed by atoms with Crippen molar-refractivity contribution in [1.82, 2.24) is 9.78 Å². The summed E-state index contributed by atoms with van der Waals surface area (Å²) in [5, 5.41) is 4.00. The maximum absolute atomic E-state index is 14.1. The van der Waals surface area contributed by atoms with Crippen molar-refractivity contribution in [3.63, 3.8) is 0 Å². The Labute approximate surface area is 132 Å². The number of carbonyl (C=O) groups excluding carboxylic acids is 1. The molecule has 23 heavy (non-hydrogen) atoms. The first kappa shape index (κ1) is 15.7. The predicted octanol–water partition coefficient (Wildman–Crippen LogP) is 2.04. The molecular formula is C15H15FN2O4S. The highest BCUT2D eigenvalue weighted by Gasteiger charge is 2.36. The van der Waals surface area contributed by atoms with E-state index in [1.165, 1.54) is 22.9 Å². The molecule has 0 unspecified atom stereocenters. The first-order valence-electron chi connectivity index (χ1n) is 7.21. The lowest BCUT2D eigenvalue weighted by Crippen LogP contribution is -2.23. The second-order valence-electron chi connectivity index (χ2n) is 5.12. The monoisotopic (exact) mass is 338 g/mol. The highest BCUT2D eigenvalue weighted by Crippen LogP contribution is 2.33. The Morgan fingerprint density at radius 1 is 1.39 bits per heavy atom. The number of halogens is 1. The van der Waals surface area contributed by atoms with Crippen LogP contribution in [0.4, 0.5) is 4.39 Å². The summed E-state index contributed by atoms with van der Waals surface area (Å²) in [6, 6.07) is 5.80. The number of hydrogen-bond acceptors (Lipinski definition) is 5. The van der Waals surface area contributed by atoms with E-state index in [2.05, 4.69) is 5.10 Å². The molecule has 0 radical (unpaired) electrons. The highest BCUT2D eigenvalue weighted by atomic mass is 32.2. The van der Waals surface area contributed by atoms with Crippen LogP contribution >= 0.6 is 0 Å². The largest absolute Gasteiger partial charge is 0.462 e. The topological polar surface area (TPSA) is 78.3 Å². The number of rotatable bonds is 3. The Bertz CT molecular complexity index is 874. The van der Waals surface area contributed by atoms with Crippen LogP contribution in [0.3, 0.4) is 0 Å². The van der Waals surface area contributed by atoms with E-state index < -0.39 is 21.6 Å². The van der Waals surface area contributed by atoms with Gasteiger partial charge in [-0.3, -0.25) is 4.68 Å². The molecule has 3 rings (SSSR count). The van der Waals surface area contributed by atoms with Crippen LogP contribution in [0, 0.1) is 5.82 Å². The molecule has 0 spiro atoms. The summed E-state index contributed by atoms with van der Waals surface area (Å²) in [7, 11) is -3.66. The molecule has 8 heteroatoms. The molecule has 0 aliphatic carbocycles. The van der Waals surface area contributed by atoms with Gasteiger partial charge in [0, 0.05) is 12.1 Å². The molecule has 0 bridgehead atoms. The van der Waals surface area contributed by atoms with Crippen LogP contribution in [0.25, 0.3) is 11.3 Å². The second-order valence-corrected chi connectivity index (χ2v) is 7.15. The average Bonchev–Trinajstić information content (AvgIpc) is 2.88. The minimum Gasteiger partial charge on any atom is -0.462 e. The van der Waals surface area contributed by atoms with Crippen molar-refractivity contribution in [3.8, 4) is 11.3 Å². The Balaban J connectivity index is 2.31. The molecule has 1 aromatic carbocycles. The number of benzene rings is 1. The van der Waals surface area contributed by atoms with Crippen LogP contribution in [-0.2, 0) is 21.1 Å². The van der Waals surface area contributed by atoms with E-state index in [0.29, 0.717) is 13.0 Å². The summed E-state index contributed by atoms with van der Waals surface area (Å²) in [5.41, 5.74) is -0.105. The second kappa shape index (κ2) is 5.77. The Hall–Kier alpha value is -2.22. The lowest BCUT2D eigenvalue weighted by Gasteiger charge is -2.14. The molecule has 2 heterocycles.